The maximum Gasteiger partial charge on any atom is 0.318 e. The van der Waals surface area contributed by atoms with E-state index >= 15 is 0 Å². The van der Waals surface area contributed by atoms with E-state index < -0.39 is 0 Å². The Labute approximate surface area is 129 Å². The second-order valence-corrected chi connectivity index (χ2v) is 5.77. The largest absolute Gasteiger partial charge is 0.334 e. The summed E-state index contributed by atoms with van der Waals surface area (Å²) in [6, 6.07) is 0.0792. The minimum atomic E-state index is -0.0287. The molecule has 3 rings (SSSR count). The van der Waals surface area contributed by atoms with Gasteiger partial charge in [-0.25, -0.2) is 9.78 Å². The van der Waals surface area contributed by atoms with Crippen LogP contribution in [0.4, 0.5) is 4.79 Å². The van der Waals surface area contributed by atoms with Crippen molar-refractivity contribution in [2.45, 2.75) is 38.4 Å². The van der Waals surface area contributed by atoms with Gasteiger partial charge in [0.05, 0.1) is 18.8 Å². The van der Waals surface area contributed by atoms with Gasteiger partial charge in [-0.2, -0.15) is 10.2 Å². The molecule has 118 valence electrons. The molecule has 1 aliphatic heterocycles. The minimum absolute atomic E-state index is 0.00986. The van der Waals surface area contributed by atoms with E-state index in [0.29, 0.717) is 6.54 Å². The van der Waals surface area contributed by atoms with E-state index in [-0.39, 0.29) is 18.1 Å². The molecule has 0 saturated carbocycles. The van der Waals surface area contributed by atoms with E-state index in [9.17, 15) is 4.79 Å². The number of aromatic nitrogens is 5. The van der Waals surface area contributed by atoms with Crippen LogP contribution in [0, 0.1) is 0 Å². The van der Waals surface area contributed by atoms with E-state index in [1.54, 1.807) is 15.7 Å². The van der Waals surface area contributed by atoms with Crippen molar-refractivity contribution in [2.75, 3.05) is 6.54 Å². The van der Waals surface area contributed by atoms with Crippen LogP contribution < -0.4 is 5.32 Å². The Morgan fingerprint density at radius 1 is 1.50 bits per heavy atom. The molecule has 1 saturated heterocycles. The summed E-state index contributed by atoms with van der Waals surface area (Å²) in [4.78, 5) is 18.3. The van der Waals surface area contributed by atoms with Gasteiger partial charge in [-0.05, 0) is 19.8 Å². The molecule has 2 aromatic rings. The average molecular weight is 303 g/mol. The molecule has 22 heavy (non-hydrogen) atoms. The van der Waals surface area contributed by atoms with Crippen LogP contribution >= 0.6 is 0 Å². The zero-order valence-corrected chi connectivity index (χ0v) is 12.9. The maximum absolute atomic E-state index is 12.5. The fourth-order valence-electron chi connectivity index (χ4n) is 2.92. The standard InChI is InChI=1S/C14H21N7O/c1-11(7-20-10-15-9-17-20)18-14(22)21-5-3-4-13(21)12-6-16-19(2)8-12/h6,8-11,13H,3-5,7H2,1-2H3,(H,18,22). The first kappa shape index (κ1) is 14.6. The summed E-state index contributed by atoms with van der Waals surface area (Å²) in [5, 5.41) is 11.3. The number of carbonyl (C=O) groups is 1. The lowest BCUT2D eigenvalue weighted by Crippen LogP contribution is -2.44. The molecule has 0 aromatic carbocycles. The fraction of sp³-hybridized carbons (Fsp3) is 0.571. The Morgan fingerprint density at radius 3 is 3.05 bits per heavy atom. The number of aryl methyl sites for hydroxylation is 1. The molecule has 0 bridgehead atoms. The molecule has 1 aliphatic rings. The van der Waals surface area contributed by atoms with Crippen LogP contribution in [0.15, 0.2) is 25.0 Å². The van der Waals surface area contributed by atoms with Gasteiger partial charge in [0, 0.05) is 31.4 Å². The molecule has 3 heterocycles. The van der Waals surface area contributed by atoms with Gasteiger partial charge >= 0.3 is 6.03 Å². The summed E-state index contributed by atoms with van der Waals surface area (Å²) in [7, 11) is 1.89. The highest BCUT2D eigenvalue weighted by atomic mass is 16.2. The van der Waals surface area contributed by atoms with Crippen molar-refractivity contribution in [3.05, 3.63) is 30.6 Å². The number of carbonyl (C=O) groups excluding carboxylic acids is 1. The summed E-state index contributed by atoms with van der Waals surface area (Å²) in [5.41, 5.74) is 1.10. The van der Waals surface area contributed by atoms with Crippen molar-refractivity contribution in [3.8, 4) is 0 Å². The van der Waals surface area contributed by atoms with Crippen LogP contribution in [0.25, 0.3) is 0 Å². The Hall–Kier alpha value is -2.38. The molecule has 2 amide bonds. The predicted octanol–water partition coefficient (Wildman–Crippen LogP) is 0.947. The number of hydrogen-bond acceptors (Lipinski definition) is 4. The van der Waals surface area contributed by atoms with Gasteiger partial charge in [-0.15, -0.1) is 0 Å². The quantitative estimate of drug-likeness (QED) is 0.911. The summed E-state index contributed by atoms with van der Waals surface area (Å²) in [6.07, 6.45) is 8.97. The van der Waals surface area contributed by atoms with Gasteiger partial charge in [-0.3, -0.25) is 9.36 Å². The normalized spacial score (nSPS) is 19.4. The van der Waals surface area contributed by atoms with Crippen LogP contribution in [0.2, 0.25) is 0 Å². The Morgan fingerprint density at radius 2 is 2.36 bits per heavy atom. The van der Waals surface area contributed by atoms with E-state index in [1.165, 1.54) is 6.33 Å². The van der Waals surface area contributed by atoms with Crippen molar-refractivity contribution in [1.29, 1.82) is 0 Å². The molecule has 2 aromatic heterocycles. The minimum Gasteiger partial charge on any atom is -0.334 e. The third kappa shape index (κ3) is 3.10. The highest BCUT2D eigenvalue weighted by molar-refractivity contribution is 5.75. The highest BCUT2D eigenvalue weighted by Crippen LogP contribution is 2.31. The molecule has 1 fully saturated rings. The fourth-order valence-corrected chi connectivity index (χ4v) is 2.92. The van der Waals surface area contributed by atoms with Gasteiger partial charge in [0.2, 0.25) is 0 Å². The molecule has 0 spiro atoms. The second-order valence-electron chi connectivity index (χ2n) is 5.77. The molecule has 2 unspecified atom stereocenters. The van der Waals surface area contributed by atoms with E-state index in [4.69, 9.17) is 0 Å². The van der Waals surface area contributed by atoms with E-state index in [0.717, 1.165) is 24.9 Å². The lowest BCUT2D eigenvalue weighted by atomic mass is 10.1. The first-order valence-electron chi connectivity index (χ1n) is 7.51. The third-order valence-electron chi connectivity index (χ3n) is 3.92. The lowest BCUT2D eigenvalue weighted by Gasteiger charge is -2.26. The number of likely N-dealkylation sites (tertiary alicyclic amines) is 1. The molecule has 0 radical (unpaired) electrons. The molecular weight excluding hydrogens is 282 g/mol. The van der Waals surface area contributed by atoms with Gasteiger partial charge in [0.25, 0.3) is 0 Å². The Bertz CT molecular complexity index is 621. The first-order chi connectivity index (χ1) is 10.6. The van der Waals surface area contributed by atoms with Crippen molar-refractivity contribution < 1.29 is 4.79 Å². The van der Waals surface area contributed by atoms with Crippen LogP contribution in [0.1, 0.15) is 31.4 Å². The zero-order valence-electron chi connectivity index (χ0n) is 12.9. The number of nitrogens with zero attached hydrogens (tertiary/aromatic N) is 6. The van der Waals surface area contributed by atoms with Crippen LogP contribution in [0.5, 0.6) is 0 Å². The highest BCUT2D eigenvalue weighted by Gasteiger charge is 2.31. The summed E-state index contributed by atoms with van der Waals surface area (Å²) < 4.78 is 3.49. The van der Waals surface area contributed by atoms with Crippen LogP contribution in [-0.4, -0.2) is 48.1 Å². The SMILES string of the molecule is CC(Cn1cncn1)NC(=O)N1CCCC1c1cnn(C)c1. The predicted molar refractivity (Wildman–Crippen MR) is 79.9 cm³/mol. The average Bonchev–Trinajstić information content (AvgIpc) is 3.17. The van der Waals surface area contributed by atoms with Gasteiger partial charge in [0.1, 0.15) is 12.7 Å². The second kappa shape index (κ2) is 6.17. The molecule has 0 aliphatic carbocycles. The first-order valence-corrected chi connectivity index (χ1v) is 7.51. The number of hydrogen-bond donors (Lipinski definition) is 1. The topological polar surface area (TPSA) is 80.9 Å². The monoisotopic (exact) mass is 303 g/mol. The van der Waals surface area contributed by atoms with Gasteiger partial charge in [0.15, 0.2) is 0 Å². The molecule has 8 nitrogen and oxygen atoms in total. The molecule has 2 atom stereocenters. The Kier molecular flexibility index (Phi) is 4.08. The summed E-state index contributed by atoms with van der Waals surface area (Å²) >= 11 is 0. The lowest BCUT2D eigenvalue weighted by molar-refractivity contribution is 0.188. The molecule has 1 N–H and O–H groups in total. The molecule has 8 heteroatoms. The maximum atomic E-state index is 12.5. The zero-order chi connectivity index (χ0) is 15.5. The van der Waals surface area contributed by atoms with Crippen molar-refractivity contribution in [1.82, 2.24) is 34.8 Å². The van der Waals surface area contributed by atoms with E-state index in [2.05, 4.69) is 20.5 Å². The van der Waals surface area contributed by atoms with Crippen molar-refractivity contribution in [3.63, 3.8) is 0 Å². The van der Waals surface area contributed by atoms with Gasteiger partial charge < -0.3 is 10.2 Å². The van der Waals surface area contributed by atoms with Gasteiger partial charge in [-0.1, -0.05) is 0 Å². The number of amides is 2. The smallest absolute Gasteiger partial charge is 0.318 e. The van der Waals surface area contributed by atoms with Crippen molar-refractivity contribution >= 4 is 6.03 Å². The Balaban J connectivity index is 1.61. The van der Waals surface area contributed by atoms with Crippen LogP contribution in [-0.2, 0) is 13.6 Å². The van der Waals surface area contributed by atoms with Crippen molar-refractivity contribution in [2.24, 2.45) is 7.05 Å². The van der Waals surface area contributed by atoms with E-state index in [1.807, 2.05) is 31.3 Å². The number of urea groups is 1. The van der Waals surface area contributed by atoms with Crippen LogP contribution in [0.3, 0.4) is 0 Å². The summed E-state index contributed by atoms with van der Waals surface area (Å²) in [6.45, 7) is 3.35. The number of nitrogens with one attached hydrogen (secondary N) is 1. The summed E-state index contributed by atoms with van der Waals surface area (Å²) in [5.74, 6) is 0. The molecular formula is C14H21N7O. The third-order valence-corrected chi connectivity index (χ3v) is 3.92. The number of rotatable bonds is 4.